The second kappa shape index (κ2) is 5.16. The Morgan fingerprint density at radius 3 is 2.44 bits per heavy atom. The summed E-state index contributed by atoms with van der Waals surface area (Å²) < 4.78 is 31.3. The highest BCUT2D eigenvalue weighted by atomic mass is 32.2. The highest BCUT2D eigenvalue weighted by Gasteiger charge is 2.26. The molecule has 1 aliphatic heterocycles. The maximum atomic E-state index is 12.4. The van der Waals surface area contributed by atoms with Gasteiger partial charge in [-0.15, -0.1) is 0 Å². The number of anilines is 1. The third kappa shape index (κ3) is 2.44. The van der Waals surface area contributed by atoms with Gasteiger partial charge in [0.15, 0.2) is 0 Å². The summed E-state index contributed by atoms with van der Waals surface area (Å²) in [5, 5.41) is 0. The third-order valence-corrected chi connectivity index (χ3v) is 5.05. The van der Waals surface area contributed by atoms with E-state index in [2.05, 4.69) is 0 Å². The van der Waals surface area contributed by atoms with Crippen molar-refractivity contribution in [3.63, 3.8) is 0 Å². The predicted molar refractivity (Wildman–Crippen MR) is 70.0 cm³/mol. The lowest BCUT2D eigenvalue weighted by Crippen LogP contribution is -2.35. The Hall–Kier alpha value is -1.27. The van der Waals surface area contributed by atoms with Crippen molar-refractivity contribution in [1.82, 2.24) is 4.31 Å². The molecule has 2 rings (SSSR count). The molecule has 0 unspecified atom stereocenters. The number of nitrogen functional groups attached to an aromatic ring is 1. The van der Waals surface area contributed by atoms with Gasteiger partial charge >= 0.3 is 0 Å². The van der Waals surface area contributed by atoms with Crippen LogP contribution in [0.1, 0.15) is 19.3 Å². The van der Waals surface area contributed by atoms with E-state index in [1.54, 1.807) is 12.1 Å². The van der Waals surface area contributed by atoms with Gasteiger partial charge in [0.1, 0.15) is 5.75 Å². The van der Waals surface area contributed by atoms with Crippen LogP contribution in [-0.2, 0) is 10.0 Å². The van der Waals surface area contributed by atoms with E-state index in [-0.39, 0.29) is 4.90 Å². The van der Waals surface area contributed by atoms with Crippen LogP contribution in [0, 0.1) is 0 Å². The first-order valence-electron chi connectivity index (χ1n) is 5.99. The van der Waals surface area contributed by atoms with Crippen LogP contribution < -0.4 is 10.5 Å². The summed E-state index contributed by atoms with van der Waals surface area (Å²) in [4.78, 5) is 0.239. The van der Waals surface area contributed by atoms with Crippen LogP contribution in [0.5, 0.6) is 5.75 Å². The minimum Gasteiger partial charge on any atom is -0.495 e. The Bertz CT molecular complexity index is 522. The SMILES string of the molecule is COc1ccc(S(=O)(=O)N2CCCCC2)cc1N. The smallest absolute Gasteiger partial charge is 0.243 e. The number of hydrogen-bond acceptors (Lipinski definition) is 4. The lowest BCUT2D eigenvalue weighted by molar-refractivity contribution is 0.346. The summed E-state index contributed by atoms with van der Waals surface area (Å²) >= 11 is 0. The van der Waals surface area contributed by atoms with Crippen molar-refractivity contribution < 1.29 is 13.2 Å². The Morgan fingerprint density at radius 2 is 1.89 bits per heavy atom. The molecular formula is C12H18N2O3S. The molecule has 0 amide bonds. The molecule has 1 heterocycles. The van der Waals surface area contributed by atoms with Gasteiger partial charge in [0.05, 0.1) is 17.7 Å². The molecule has 1 fully saturated rings. The number of nitrogens with two attached hydrogens (primary N) is 1. The van der Waals surface area contributed by atoms with E-state index in [9.17, 15) is 8.42 Å². The number of nitrogens with zero attached hydrogens (tertiary/aromatic N) is 1. The topological polar surface area (TPSA) is 72.6 Å². The van der Waals surface area contributed by atoms with Gasteiger partial charge in [-0.25, -0.2) is 8.42 Å². The summed E-state index contributed by atoms with van der Waals surface area (Å²) in [7, 11) is -1.91. The Kier molecular flexibility index (Phi) is 3.77. The van der Waals surface area contributed by atoms with Crippen LogP contribution in [0.3, 0.4) is 0 Å². The molecule has 0 aromatic heterocycles. The number of ether oxygens (including phenoxy) is 1. The Morgan fingerprint density at radius 1 is 1.22 bits per heavy atom. The van der Waals surface area contributed by atoms with Gasteiger partial charge in [0, 0.05) is 13.1 Å². The van der Waals surface area contributed by atoms with Crippen molar-refractivity contribution in [3.05, 3.63) is 18.2 Å². The number of benzene rings is 1. The lowest BCUT2D eigenvalue weighted by atomic mass is 10.2. The summed E-state index contributed by atoms with van der Waals surface area (Å²) in [5.74, 6) is 0.493. The quantitative estimate of drug-likeness (QED) is 0.844. The van der Waals surface area contributed by atoms with Crippen LogP contribution in [-0.4, -0.2) is 32.9 Å². The first-order valence-corrected chi connectivity index (χ1v) is 7.43. The zero-order chi connectivity index (χ0) is 13.2. The fourth-order valence-electron chi connectivity index (χ4n) is 2.13. The molecular weight excluding hydrogens is 252 g/mol. The van der Waals surface area contributed by atoms with Crippen molar-refractivity contribution in [2.45, 2.75) is 24.2 Å². The van der Waals surface area contributed by atoms with Gasteiger partial charge in [-0.3, -0.25) is 0 Å². The Labute approximate surface area is 108 Å². The molecule has 1 saturated heterocycles. The van der Waals surface area contributed by atoms with E-state index in [1.165, 1.54) is 17.5 Å². The molecule has 0 saturated carbocycles. The summed E-state index contributed by atoms with van der Waals surface area (Å²) in [6, 6.07) is 4.59. The van der Waals surface area contributed by atoms with Gasteiger partial charge in [-0.05, 0) is 31.0 Å². The molecule has 0 bridgehead atoms. The molecule has 100 valence electrons. The molecule has 1 aromatic carbocycles. The van der Waals surface area contributed by atoms with Gasteiger partial charge in [0.25, 0.3) is 0 Å². The van der Waals surface area contributed by atoms with Gasteiger partial charge in [0.2, 0.25) is 10.0 Å². The normalized spacial score (nSPS) is 17.6. The van der Waals surface area contributed by atoms with E-state index in [4.69, 9.17) is 10.5 Å². The number of hydrogen-bond donors (Lipinski definition) is 1. The van der Waals surface area contributed by atoms with Crippen LogP contribution in [0.4, 0.5) is 5.69 Å². The monoisotopic (exact) mass is 270 g/mol. The van der Waals surface area contributed by atoms with Gasteiger partial charge in [-0.2, -0.15) is 4.31 Å². The molecule has 18 heavy (non-hydrogen) atoms. The molecule has 0 aliphatic carbocycles. The molecule has 0 radical (unpaired) electrons. The molecule has 0 atom stereocenters. The molecule has 1 aromatic rings. The predicted octanol–water partition coefficient (Wildman–Crippen LogP) is 1.45. The van der Waals surface area contributed by atoms with Crippen LogP contribution >= 0.6 is 0 Å². The summed E-state index contributed by atoms with van der Waals surface area (Å²) in [6.07, 6.45) is 2.94. The molecule has 2 N–H and O–H groups in total. The highest BCUT2D eigenvalue weighted by Crippen LogP contribution is 2.27. The maximum Gasteiger partial charge on any atom is 0.243 e. The standard InChI is InChI=1S/C12H18N2O3S/c1-17-12-6-5-10(9-11(12)13)18(15,16)14-7-3-2-4-8-14/h5-6,9H,2-4,7-8,13H2,1H3. The fraction of sp³-hybridized carbons (Fsp3) is 0.500. The van der Waals surface area contributed by atoms with Crippen molar-refractivity contribution in [2.24, 2.45) is 0 Å². The minimum absolute atomic E-state index is 0.239. The highest BCUT2D eigenvalue weighted by molar-refractivity contribution is 7.89. The number of rotatable bonds is 3. The van der Waals surface area contributed by atoms with Crippen LogP contribution in [0.25, 0.3) is 0 Å². The molecule has 6 heteroatoms. The molecule has 5 nitrogen and oxygen atoms in total. The molecule has 0 spiro atoms. The second-order valence-corrected chi connectivity index (χ2v) is 6.31. The van der Waals surface area contributed by atoms with Crippen molar-refractivity contribution in [1.29, 1.82) is 0 Å². The van der Waals surface area contributed by atoms with Crippen LogP contribution in [0.15, 0.2) is 23.1 Å². The van der Waals surface area contributed by atoms with E-state index < -0.39 is 10.0 Å². The third-order valence-electron chi connectivity index (χ3n) is 3.15. The number of piperidine rings is 1. The largest absolute Gasteiger partial charge is 0.495 e. The average molecular weight is 270 g/mol. The molecule has 1 aliphatic rings. The van der Waals surface area contributed by atoms with Crippen LogP contribution in [0.2, 0.25) is 0 Å². The van der Waals surface area contributed by atoms with E-state index in [0.717, 1.165) is 19.3 Å². The minimum atomic E-state index is -3.41. The number of sulfonamides is 1. The summed E-state index contributed by atoms with van der Waals surface area (Å²) in [6.45, 7) is 1.18. The summed E-state index contributed by atoms with van der Waals surface area (Å²) in [5.41, 5.74) is 6.09. The zero-order valence-electron chi connectivity index (χ0n) is 10.4. The Balaban J connectivity index is 2.32. The first-order chi connectivity index (χ1) is 8.55. The van der Waals surface area contributed by atoms with Gasteiger partial charge < -0.3 is 10.5 Å². The second-order valence-electron chi connectivity index (χ2n) is 4.37. The fourth-order valence-corrected chi connectivity index (χ4v) is 3.68. The van der Waals surface area contributed by atoms with Crippen molar-refractivity contribution in [2.75, 3.05) is 25.9 Å². The van der Waals surface area contributed by atoms with E-state index >= 15 is 0 Å². The lowest BCUT2D eigenvalue weighted by Gasteiger charge is -2.26. The zero-order valence-corrected chi connectivity index (χ0v) is 11.2. The van der Waals surface area contributed by atoms with Crippen molar-refractivity contribution in [3.8, 4) is 5.75 Å². The number of methoxy groups -OCH3 is 1. The maximum absolute atomic E-state index is 12.4. The van der Waals surface area contributed by atoms with Gasteiger partial charge in [-0.1, -0.05) is 6.42 Å². The van der Waals surface area contributed by atoms with E-state index in [1.807, 2.05) is 0 Å². The van der Waals surface area contributed by atoms with Crippen molar-refractivity contribution >= 4 is 15.7 Å². The first kappa shape index (κ1) is 13.2. The van der Waals surface area contributed by atoms with E-state index in [0.29, 0.717) is 24.5 Å². The average Bonchev–Trinajstić information content (AvgIpc) is 2.39.